The van der Waals surface area contributed by atoms with E-state index >= 15 is 0 Å². The summed E-state index contributed by atoms with van der Waals surface area (Å²) in [6.45, 7) is 5.91. The van der Waals surface area contributed by atoms with Gasteiger partial charge in [0.25, 0.3) is 0 Å². The van der Waals surface area contributed by atoms with Gasteiger partial charge in [0.2, 0.25) is 0 Å². The molecule has 0 amide bonds. The molecule has 0 N–H and O–H groups in total. The van der Waals surface area contributed by atoms with Crippen molar-refractivity contribution in [2.45, 2.75) is 31.8 Å². The van der Waals surface area contributed by atoms with E-state index < -0.39 is 0 Å². The molecule has 98 valence electrons. The molecule has 2 aliphatic heterocycles. The van der Waals surface area contributed by atoms with Crippen LogP contribution in [0, 0.1) is 0 Å². The van der Waals surface area contributed by atoms with Gasteiger partial charge in [0.15, 0.2) is 0 Å². The SMILES string of the molecule is Clc1ncccc1CN1CCC(N2CCCC2)C1. The second-order valence-electron chi connectivity index (χ2n) is 5.37. The second-order valence-corrected chi connectivity index (χ2v) is 5.73. The minimum Gasteiger partial charge on any atom is -0.299 e. The zero-order chi connectivity index (χ0) is 12.4. The zero-order valence-electron chi connectivity index (χ0n) is 10.7. The monoisotopic (exact) mass is 265 g/mol. The molecule has 1 aromatic heterocycles. The molecular weight excluding hydrogens is 246 g/mol. The van der Waals surface area contributed by atoms with E-state index in [9.17, 15) is 0 Å². The van der Waals surface area contributed by atoms with Gasteiger partial charge in [0.05, 0.1) is 0 Å². The van der Waals surface area contributed by atoms with E-state index in [1.54, 1.807) is 6.20 Å². The summed E-state index contributed by atoms with van der Waals surface area (Å²) in [6.07, 6.45) is 5.82. The van der Waals surface area contributed by atoms with E-state index in [2.05, 4.69) is 20.9 Å². The average Bonchev–Trinajstić information content (AvgIpc) is 3.02. The lowest BCUT2D eigenvalue weighted by atomic mass is 10.2. The fraction of sp³-hybridized carbons (Fsp3) is 0.643. The molecule has 4 heteroatoms. The number of aromatic nitrogens is 1. The van der Waals surface area contributed by atoms with Crippen LogP contribution in [-0.4, -0.2) is 47.0 Å². The first-order valence-corrected chi connectivity index (χ1v) is 7.26. The molecule has 0 aliphatic carbocycles. The predicted octanol–water partition coefficient (Wildman–Crippen LogP) is 2.41. The van der Waals surface area contributed by atoms with Gasteiger partial charge >= 0.3 is 0 Å². The minimum absolute atomic E-state index is 0.655. The van der Waals surface area contributed by atoms with Crippen LogP contribution in [0.2, 0.25) is 5.15 Å². The van der Waals surface area contributed by atoms with Crippen LogP contribution in [0.3, 0.4) is 0 Å². The molecular formula is C14H20ClN3. The van der Waals surface area contributed by atoms with Gasteiger partial charge in [-0.25, -0.2) is 4.98 Å². The van der Waals surface area contributed by atoms with E-state index in [-0.39, 0.29) is 0 Å². The maximum atomic E-state index is 6.12. The van der Waals surface area contributed by atoms with Gasteiger partial charge in [0, 0.05) is 37.4 Å². The van der Waals surface area contributed by atoms with E-state index in [1.807, 2.05) is 6.07 Å². The Morgan fingerprint density at radius 1 is 1.28 bits per heavy atom. The summed E-state index contributed by atoms with van der Waals surface area (Å²) in [4.78, 5) is 9.31. The topological polar surface area (TPSA) is 19.4 Å². The Balaban J connectivity index is 1.57. The molecule has 0 aromatic carbocycles. The molecule has 0 spiro atoms. The fourth-order valence-electron chi connectivity index (χ4n) is 3.14. The van der Waals surface area contributed by atoms with Gasteiger partial charge in [-0.3, -0.25) is 9.80 Å². The molecule has 1 unspecified atom stereocenters. The van der Waals surface area contributed by atoms with Crippen molar-refractivity contribution in [2.75, 3.05) is 26.2 Å². The Hall–Kier alpha value is -0.640. The van der Waals surface area contributed by atoms with Gasteiger partial charge in [-0.05, 0) is 38.4 Å². The summed E-state index contributed by atoms with van der Waals surface area (Å²) in [5, 5.41) is 0.655. The lowest BCUT2D eigenvalue weighted by Gasteiger charge is -2.23. The van der Waals surface area contributed by atoms with Crippen molar-refractivity contribution in [3.05, 3.63) is 29.0 Å². The second kappa shape index (κ2) is 5.55. The average molecular weight is 266 g/mol. The van der Waals surface area contributed by atoms with Crippen molar-refractivity contribution in [1.29, 1.82) is 0 Å². The Morgan fingerprint density at radius 3 is 2.89 bits per heavy atom. The Bertz CT molecular complexity index is 404. The molecule has 2 saturated heterocycles. The van der Waals surface area contributed by atoms with Crippen LogP contribution in [-0.2, 0) is 6.54 Å². The highest BCUT2D eigenvalue weighted by Crippen LogP contribution is 2.23. The van der Waals surface area contributed by atoms with Gasteiger partial charge < -0.3 is 0 Å². The first kappa shape index (κ1) is 12.4. The summed E-state index contributed by atoms with van der Waals surface area (Å²) in [7, 11) is 0. The van der Waals surface area contributed by atoms with Crippen molar-refractivity contribution in [3.8, 4) is 0 Å². The van der Waals surface area contributed by atoms with E-state index in [4.69, 9.17) is 11.6 Å². The number of nitrogens with zero attached hydrogens (tertiary/aromatic N) is 3. The van der Waals surface area contributed by atoms with Crippen LogP contribution in [0.15, 0.2) is 18.3 Å². The summed E-state index contributed by atoms with van der Waals surface area (Å²) >= 11 is 6.12. The van der Waals surface area contributed by atoms with Crippen LogP contribution >= 0.6 is 11.6 Å². The minimum atomic E-state index is 0.655. The smallest absolute Gasteiger partial charge is 0.133 e. The molecule has 1 aromatic rings. The van der Waals surface area contributed by atoms with Crippen molar-refractivity contribution >= 4 is 11.6 Å². The van der Waals surface area contributed by atoms with Crippen LogP contribution in [0.1, 0.15) is 24.8 Å². The van der Waals surface area contributed by atoms with Crippen molar-refractivity contribution in [1.82, 2.24) is 14.8 Å². The summed E-state index contributed by atoms with van der Waals surface area (Å²) < 4.78 is 0. The number of hydrogen-bond acceptors (Lipinski definition) is 3. The number of likely N-dealkylation sites (tertiary alicyclic amines) is 2. The van der Waals surface area contributed by atoms with Crippen LogP contribution < -0.4 is 0 Å². The summed E-state index contributed by atoms with van der Waals surface area (Å²) in [5.74, 6) is 0. The Morgan fingerprint density at radius 2 is 2.11 bits per heavy atom. The number of halogens is 1. The first-order valence-electron chi connectivity index (χ1n) is 6.89. The van der Waals surface area contributed by atoms with Gasteiger partial charge in [-0.2, -0.15) is 0 Å². The fourth-order valence-corrected chi connectivity index (χ4v) is 3.32. The van der Waals surface area contributed by atoms with E-state index in [0.29, 0.717) is 5.15 Å². The summed E-state index contributed by atoms with van der Waals surface area (Å²) in [6, 6.07) is 4.82. The van der Waals surface area contributed by atoms with Crippen LogP contribution in [0.5, 0.6) is 0 Å². The predicted molar refractivity (Wildman–Crippen MR) is 73.7 cm³/mol. The van der Waals surface area contributed by atoms with E-state index in [0.717, 1.165) is 18.2 Å². The number of hydrogen-bond donors (Lipinski definition) is 0. The standard InChI is InChI=1S/C14H20ClN3/c15-14-12(4-3-6-16-14)10-17-9-5-13(11-17)18-7-1-2-8-18/h3-4,6,13H,1-2,5,7-11H2. The molecule has 2 aliphatic rings. The summed E-state index contributed by atoms with van der Waals surface area (Å²) in [5.41, 5.74) is 1.15. The molecule has 3 rings (SSSR count). The van der Waals surface area contributed by atoms with Crippen molar-refractivity contribution in [3.63, 3.8) is 0 Å². The first-order chi connectivity index (χ1) is 8.83. The van der Waals surface area contributed by atoms with Gasteiger partial charge in [-0.15, -0.1) is 0 Å². The number of pyridine rings is 1. The number of rotatable bonds is 3. The largest absolute Gasteiger partial charge is 0.299 e. The highest BCUT2D eigenvalue weighted by molar-refractivity contribution is 6.30. The Kier molecular flexibility index (Phi) is 3.83. The molecule has 2 fully saturated rings. The van der Waals surface area contributed by atoms with Gasteiger partial charge in [-0.1, -0.05) is 17.7 Å². The third-order valence-corrected chi connectivity index (χ3v) is 4.48. The maximum absolute atomic E-state index is 6.12. The normalized spacial score (nSPS) is 25.9. The molecule has 3 nitrogen and oxygen atoms in total. The Labute approximate surface area is 114 Å². The highest BCUT2D eigenvalue weighted by Gasteiger charge is 2.29. The molecule has 0 bridgehead atoms. The third-order valence-electron chi connectivity index (χ3n) is 4.13. The maximum Gasteiger partial charge on any atom is 0.133 e. The van der Waals surface area contributed by atoms with Crippen LogP contribution in [0.25, 0.3) is 0 Å². The quantitative estimate of drug-likeness (QED) is 0.783. The molecule has 0 saturated carbocycles. The van der Waals surface area contributed by atoms with Crippen molar-refractivity contribution < 1.29 is 0 Å². The van der Waals surface area contributed by atoms with E-state index in [1.165, 1.54) is 45.4 Å². The molecule has 3 heterocycles. The van der Waals surface area contributed by atoms with Crippen molar-refractivity contribution in [2.24, 2.45) is 0 Å². The van der Waals surface area contributed by atoms with Crippen LogP contribution in [0.4, 0.5) is 0 Å². The third kappa shape index (κ3) is 2.68. The highest BCUT2D eigenvalue weighted by atomic mass is 35.5. The zero-order valence-corrected chi connectivity index (χ0v) is 11.4. The lowest BCUT2D eigenvalue weighted by Crippen LogP contribution is -2.35. The molecule has 0 radical (unpaired) electrons. The molecule has 1 atom stereocenters. The molecule has 18 heavy (non-hydrogen) atoms. The van der Waals surface area contributed by atoms with Gasteiger partial charge in [0.1, 0.15) is 5.15 Å². The lowest BCUT2D eigenvalue weighted by molar-refractivity contribution is 0.230.